The summed E-state index contributed by atoms with van der Waals surface area (Å²) in [4.78, 5) is 2.54. The van der Waals surface area contributed by atoms with Crippen molar-refractivity contribution >= 4 is 0 Å². The van der Waals surface area contributed by atoms with Gasteiger partial charge in [-0.15, -0.1) is 6.58 Å². The first-order valence-electron chi connectivity index (χ1n) is 8.92. The summed E-state index contributed by atoms with van der Waals surface area (Å²) in [6.45, 7) is 5.91. The molecule has 0 saturated carbocycles. The third kappa shape index (κ3) is 1.70. The number of hydrogen-bond acceptors (Lipinski definition) is 4. The molecule has 0 aromatic heterocycles. The van der Waals surface area contributed by atoms with Crippen molar-refractivity contribution in [2.24, 2.45) is 0 Å². The first-order chi connectivity index (χ1) is 12.2. The lowest BCUT2D eigenvalue weighted by Gasteiger charge is -2.53. The fourth-order valence-corrected chi connectivity index (χ4v) is 5.38. The third-order valence-electron chi connectivity index (χ3n) is 6.36. The molecule has 3 atom stereocenters. The number of nitrogens with zero attached hydrogens (tertiary/aromatic N) is 1. The molecule has 2 heterocycles. The van der Waals surface area contributed by atoms with Crippen molar-refractivity contribution in [1.82, 2.24) is 4.90 Å². The minimum absolute atomic E-state index is 0.0868. The van der Waals surface area contributed by atoms with Crippen LogP contribution in [0.2, 0.25) is 0 Å². The topological polar surface area (TPSA) is 30.9 Å². The highest BCUT2D eigenvalue weighted by atomic mass is 16.6. The smallest absolute Gasteiger partial charge is 0.169 e. The standard InChI is InChI=1S/C21H23NO3/c1-4-10-22-11-9-21-14-6-8-17(24-3)20(21)25-19-16(23-2)7-5-13(18(19)21)12-15(14)22/h4-8,15,20H,1,9-12H2,2-3H3/t15?,20?,21-/m1/s1. The van der Waals surface area contributed by atoms with E-state index in [2.05, 4.69) is 29.7 Å². The van der Waals surface area contributed by atoms with E-state index in [1.807, 2.05) is 12.1 Å². The number of hydrogen-bond donors (Lipinski definition) is 0. The molecule has 4 nitrogen and oxygen atoms in total. The molecule has 25 heavy (non-hydrogen) atoms. The zero-order chi connectivity index (χ0) is 17.2. The van der Waals surface area contributed by atoms with E-state index in [0.29, 0.717) is 6.04 Å². The maximum atomic E-state index is 6.50. The summed E-state index contributed by atoms with van der Waals surface area (Å²) < 4.78 is 17.8. The van der Waals surface area contributed by atoms with Crippen molar-refractivity contribution in [1.29, 1.82) is 0 Å². The number of ether oxygens (including phenoxy) is 3. The van der Waals surface area contributed by atoms with Gasteiger partial charge in [0.2, 0.25) is 0 Å². The second-order valence-corrected chi connectivity index (χ2v) is 7.25. The van der Waals surface area contributed by atoms with Crippen LogP contribution in [-0.2, 0) is 16.6 Å². The molecule has 130 valence electrons. The van der Waals surface area contributed by atoms with Gasteiger partial charge in [0.1, 0.15) is 5.76 Å². The van der Waals surface area contributed by atoms with Crippen LogP contribution in [0.3, 0.4) is 0 Å². The predicted octanol–water partition coefficient (Wildman–Crippen LogP) is 2.98. The van der Waals surface area contributed by atoms with Crippen molar-refractivity contribution < 1.29 is 14.2 Å². The van der Waals surface area contributed by atoms with Gasteiger partial charge in [0.15, 0.2) is 17.6 Å². The van der Waals surface area contributed by atoms with Crippen LogP contribution >= 0.6 is 0 Å². The molecule has 0 radical (unpaired) electrons. The molecule has 4 aliphatic rings. The van der Waals surface area contributed by atoms with Crippen LogP contribution in [0.4, 0.5) is 0 Å². The van der Waals surface area contributed by atoms with E-state index in [4.69, 9.17) is 14.2 Å². The van der Waals surface area contributed by atoms with Gasteiger partial charge in [-0.25, -0.2) is 0 Å². The van der Waals surface area contributed by atoms with Crippen molar-refractivity contribution in [3.8, 4) is 11.5 Å². The van der Waals surface area contributed by atoms with Gasteiger partial charge in [-0.3, -0.25) is 4.90 Å². The first kappa shape index (κ1) is 15.1. The van der Waals surface area contributed by atoms with Crippen LogP contribution in [0.1, 0.15) is 17.5 Å². The van der Waals surface area contributed by atoms with Gasteiger partial charge in [0.25, 0.3) is 0 Å². The zero-order valence-corrected chi connectivity index (χ0v) is 14.7. The van der Waals surface area contributed by atoms with Gasteiger partial charge in [0, 0.05) is 24.7 Å². The summed E-state index contributed by atoms with van der Waals surface area (Å²) in [5.41, 5.74) is 4.07. The maximum Gasteiger partial charge on any atom is 0.169 e. The highest BCUT2D eigenvalue weighted by Crippen LogP contribution is 2.62. The molecule has 0 amide bonds. The molecule has 5 rings (SSSR count). The largest absolute Gasteiger partial charge is 0.497 e. The normalized spacial score (nSPS) is 31.4. The Morgan fingerprint density at radius 2 is 2.20 bits per heavy atom. The van der Waals surface area contributed by atoms with E-state index in [9.17, 15) is 0 Å². The summed E-state index contributed by atoms with van der Waals surface area (Å²) in [5, 5.41) is 0. The van der Waals surface area contributed by atoms with Crippen LogP contribution in [0.5, 0.6) is 11.5 Å². The molecule has 1 spiro atoms. The molecule has 1 aromatic carbocycles. The Kier molecular flexibility index (Phi) is 3.11. The third-order valence-corrected chi connectivity index (χ3v) is 6.36. The molecule has 1 saturated heterocycles. The van der Waals surface area contributed by atoms with Crippen LogP contribution in [0.15, 0.2) is 48.3 Å². The number of allylic oxidation sites excluding steroid dienone is 2. The highest BCUT2D eigenvalue weighted by Gasteiger charge is 2.62. The van der Waals surface area contributed by atoms with Crippen molar-refractivity contribution in [2.45, 2.75) is 30.4 Å². The van der Waals surface area contributed by atoms with Gasteiger partial charge >= 0.3 is 0 Å². The molecule has 2 aliphatic carbocycles. The molecule has 4 heteroatoms. The number of rotatable bonds is 4. The van der Waals surface area contributed by atoms with Gasteiger partial charge in [-0.05, 0) is 36.1 Å². The van der Waals surface area contributed by atoms with Crippen molar-refractivity contribution in [2.75, 3.05) is 27.3 Å². The average molecular weight is 337 g/mol. The second kappa shape index (κ2) is 5.15. The summed E-state index contributed by atoms with van der Waals surface area (Å²) in [7, 11) is 3.45. The zero-order valence-electron chi connectivity index (χ0n) is 14.7. The number of benzene rings is 1. The molecular formula is C21H23NO3. The fourth-order valence-electron chi connectivity index (χ4n) is 5.38. The minimum atomic E-state index is -0.111. The average Bonchev–Trinajstić information content (AvgIpc) is 2.98. The Morgan fingerprint density at radius 1 is 1.32 bits per heavy atom. The SMILES string of the molecule is C=CCN1CC[C@]23C4=CC=C(OC)C2Oc2c(OC)ccc(c23)CC41. The second-order valence-electron chi connectivity index (χ2n) is 7.25. The molecule has 1 fully saturated rings. The predicted molar refractivity (Wildman–Crippen MR) is 96.1 cm³/mol. The van der Waals surface area contributed by atoms with E-state index in [-0.39, 0.29) is 11.5 Å². The van der Waals surface area contributed by atoms with Crippen molar-refractivity contribution in [3.05, 3.63) is 59.4 Å². The molecule has 2 unspecified atom stereocenters. The van der Waals surface area contributed by atoms with Gasteiger partial charge in [0.05, 0.1) is 19.6 Å². The summed E-state index contributed by atoms with van der Waals surface area (Å²) in [5.74, 6) is 2.64. The molecule has 0 N–H and O–H groups in total. The van der Waals surface area contributed by atoms with E-state index in [0.717, 1.165) is 43.2 Å². The number of methoxy groups -OCH3 is 2. The Morgan fingerprint density at radius 3 is 2.96 bits per heavy atom. The quantitative estimate of drug-likeness (QED) is 0.791. The monoisotopic (exact) mass is 337 g/mol. The lowest BCUT2D eigenvalue weighted by molar-refractivity contribution is 0.0686. The van der Waals surface area contributed by atoms with E-state index < -0.39 is 0 Å². The molecule has 1 aromatic rings. The van der Waals surface area contributed by atoms with Crippen LogP contribution in [0, 0.1) is 0 Å². The van der Waals surface area contributed by atoms with Crippen LogP contribution in [-0.4, -0.2) is 44.4 Å². The summed E-state index contributed by atoms with van der Waals surface area (Å²) >= 11 is 0. The minimum Gasteiger partial charge on any atom is -0.497 e. The van der Waals surface area contributed by atoms with Crippen LogP contribution in [0.25, 0.3) is 0 Å². The van der Waals surface area contributed by atoms with Gasteiger partial charge in [-0.2, -0.15) is 0 Å². The van der Waals surface area contributed by atoms with Crippen LogP contribution < -0.4 is 9.47 Å². The molecule has 2 aliphatic heterocycles. The first-order valence-corrected chi connectivity index (χ1v) is 8.92. The number of piperidine rings is 1. The Bertz CT molecular complexity index is 825. The van der Waals surface area contributed by atoms with E-state index in [1.54, 1.807) is 14.2 Å². The van der Waals surface area contributed by atoms with Gasteiger partial charge < -0.3 is 14.2 Å². The number of likely N-dealkylation sites (tertiary alicyclic amines) is 1. The molecular weight excluding hydrogens is 314 g/mol. The molecule has 2 bridgehead atoms. The van der Waals surface area contributed by atoms with E-state index in [1.165, 1.54) is 16.7 Å². The Labute approximate surface area is 148 Å². The van der Waals surface area contributed by atoms with Crippen molar-refractivity contribution in [3.63, 3.8) is 0 Å². The summed E-state index contributed by atoms with van der Waals surface area (Å²) in [6, 6.07) is 4.66. The Balaban J connectivity index is 1.77. The van der Waals surface area contributed by atoms with Gasteiger partial charge in [-0.1, -0.05) is 18.2 Å². The lowest BCUT2D eigenvalue weighted by atomic mass is 9.57. The van der Waals surface area contributed by atoms with E-state index >= 15 is 0 Å². The fraction of sp³-hybridized carbons (Fsp3) is 0.429. The summed E-state index contributed by atoms with van der Waals surface area (Å²) in [6.07, 6.45) is 8.33. The lowest BCUT2D eigenvalue weighted by Crippen LogP contribution is -2.59. The Hall–Kier alpha value is -2.20. The highest BCUT2D eigenvalue weighted by molar-refractivity contribution is 5.67. The maximum absolute atomic E-state index is 6.50.